The Morgan fingerprint density at radius 1 is 0.737 bits per heavy atom. The van der Waals surface area contributed by atoms with Crippen LogP contribution >= 0.6 is 11.3 Å². The highest BCUT2D eigenvalue weighted by molar-refractivity contribution is 7.13. The smallest absolute Gasteiger partial charge is 0.160 e. The van der Waals surface area contributed by atoms with E-state index in [9.17, 15) is 4.79 Å². The number of fused-ring (bicyclic) bond motifs is 6. The van der Waals surface area contributed by atoms with Gasteiger partial charge in [0.2, 0.25) is 0 Å². The molecule has 19 heavy (non-hydrogen) atoms. The Morgan fingerprint density at radius 3 is 1.89 bits per heavy atom. The van der Waals surface area contributed by atoms with Crippen molar-refractivity contribution in [3.8, 4) is 0 Å². The molecule has 0 saturated carbocycles. The minimum absolute atomic E-state index is 0.817. The minimum Gasteiger partial charge on any atom is -0.297 e. The monoisotopic (exact) mass is 262 g/mol. The van der Waals surface area contributed by atoms with Crippen LogP contribution in [0.15, 0.2) is 53.9 Å². The first-order valence-electron chi connectivity index (χ1n) is 6.16. The molecule has 2 heteroatoms. The molecule has 0 aliphatic rings. The van der Waals surface area contributed by atoms with Crippen molar-refractivity contribution in [1.29, 1.82) is 0 Å². The minimum atomic E-state index is 0.817. The number of benzene rings is 3. The molecule has 3 aromatic carbocycles. The molecule has 1 heterocycles. The van der Waals surface area contributed by atoms with E-state index in [1.807, 2.05) is 12.1 Å². The molecule has 0 radical (unpaired) electrons. The molecule has 0 unspecified atom stereocenters. The van der Waals surface area contributed by atoms with Crippen LogP contribution in [0, 0.1) is 0 Å². The maximum Gasteiger partial charge on any atom is 0.160 e. The molecule has 0 aliphatic carbocycles. The van der Waals surface area contributed by atoms with E-state index in [0.717, 1.165) is 16.5 Å². The van der Waals surface area contributed by atoms with E-state index in [1.165, 1.54) is 38.3 Å². The Kier molecular flexibility index (Phi) is 2.20. The lowest BCUT2D eigenvalue weighted by atomic mass is 9.96. The number of hydrogen-bond acceptors (Lipinski definition) is 2. The lowest BCUT2D eigenvalue weighted by Crippen LogP contribution is -1.82. The lowest BCUT2D eigenvalue weighted by Gasteiger charge is -2.07. The zero-order valence-corrected chi connectivity index (χ0v) is 10.9. The van der Waals surface area contributed by atoms with Gasteiger partial charge in [0, 0.05) is 10.8 Å². The molecule has 4 rings (SSSR count). The molecule has 1 nitrogen and oxygen atoms in total. The van der Waals surface area contributed by atoms with Crippen molar-refractivity contribution in [2.45, 2.75) is 0 Å². The van der Waals surface area contributed by atoms with Gasteiger partial charge in [-0.1, -0.05) is 48.5 Å². The van der Waals surface area contributed by atoms with E-state index < -0.39 is 0 Å². The van der Waals surface area contributed by atoms with Crippen LogP contribution in [-0.4, -0.2) is 6.29 Å². The van der Waals surface area contributed by atoms with E-state index >= 15 is 0 Å². The molecule has 0 amide bonds. The molecule has 0 saturated heterocycles. The summed E-state index contributed by atoms with van der Waals surface area (Å²) in [6, 6.07) is 16.7. The third-order valence-electron chi connectivity index (χ3n) is 3.63. The first-order valence-corrected chi connectivity index (χ1v) is 7.04. The second-order valence-electron chi connectivity index (χ2n) is 4.60. The summed E-state index contributed by atoms with van der Waals surface area (Å²) in [4.78, 5) is 12.1. The first-order chi connectivity index (χ1) is 9.40. The standard InChI is InChI=1S/C17H10OS/c18-9-16-17-14-8-4-3-6-12(14)11-5-1-2-7-13(11)15(17)10-19-16/h1-10H. The summed E-state index contributed by atoms with van der Waals surface area (Å²) in [5, 5.41) is 9.22. The number of hydrogen-bond donors (Lipinski definition) is 0. The third-order valence-corrected chi connectivity index (χ3v) is 4.54. The highest BCUT2D eigenvalue weighted by Gasteiger charge is 2.12. The van der Waals surface area contributed by atoms with Crippen LogP contribution in [0.2, 0.25) is 0 Å². The third kappa shape index (κ3) is 1.38. The summed E-state index contributed by atoms with van der Waals surface area (Å²) in [5.41, 5.74) is 0. The fourth-order valence-electron chi connectivity index (χ4n) is 2.82. The van der Waals surface area contributed by atoms with Crippen molar-refractivity contribution >= 4 is 49.9 Å². The second kappa shape index (κ2) is 3.90. The van der Waals surface area contributed by atoms with Crippen molar-refractivity contribution in [2.24, 2.45) is 0 Å². The number of aldehydes is 1. The van der Waals surface area contributed by atoms with Gasteiger partial charge in [-0.3, -0.25) is 4.79 Å². The summed E-state index contributed by atoms with van der Waals surface area (Å²) in [6.07, 6.45) is 0.966. The van der Waals surface area contributed by atoms with Crippen LogP contribution in [0.3, 0.4) is 0 Å². The summed E-state index contributed by atoms with van der Waals surface area (Å²) in [7, 11) is 0. The predicted molar refractivity (Wildman–Crippen MR) is 82.2 cm³/mol. The number of rotatable bonds is 1. The molecule has 0 spiro atoms. The summed E-state index contributed by atoms with van der Waals surface area (Å²) in [5.74, 6) is 0. The van der Waals surface area contributed by atoms with Crippen molar-refractivity contribution < 1.29 is 4.79 Å². The average molecular weight is 262 g/mol. The highest BCUT2D eigenvalue weighted by Crippen LogP contribution is 2.38. The van der Waals surface area contributed by atoms with Crippen molar-refractivity contribution in [2.75, 3.05) is 0 Å². The van der Waals surface area contributed by atoms with Gasteiger partial charge in [0.25, 0.3) is 0 Å². The van der Waals surface area contributed by atoms with Gasteiger partial charge in [0.15, 0.2) is 6.29 Å². The molecular formula is C17H10OS. The van der Waals surface area contributed by atoms with Crippen LogP contribution in [0.25, 0.3) is 32.3 Å². The molecule has 0 N–H and O–H groups in total. The van der Waals surface area contributed by atoms with E-state index in [2.05, 4.69) is 41.8 Å². The predicted octanol–water partition coefficient (Wildman–Crippen LogP) is 5.02. The fraction of sp³-hybridized carbons (Fsp3) is 0. The maximum absolute atomic E-state index is 11.3. The zero-order valence-electron chi connectivity index (χ0n) is 10.1. The first kappa shape index (κ1) is 10.7. The molecule has 4 aromatic rings. The topological polar surface area (TPSA) is 17.1 Å². The number of thiophene rings is 1. The molecule has 1 aromatic heterocycles. The van der Waals surface area contributed by atoms with E-state index in [0.29, 0.717) is 0 Å². The molecular weight excluding hydrogens is 252 g/mol. The summed E-state index contributed by atoms with van der Waals surface area (Å²) < 4.78 is 0. The van der Waals surface area contributed by atoms with Gasteiger partial charge in [-0.15, -0.1) is 11.3 Å². The van der Waals surface area contributed by atoms with Crippen LogP contribution in [-0.2, 0) is 0 Å². The van der Waals surface area contributed by atoms with E-state index in [4.69, 9.17) is 0 Å². The molecule has 0 aliphatic heterocycles. The van der Waals surface area contributed by atoms with Crippen LogP contribution in [0.4, 0.5) is 0 Å². The lowest BCUT2D eigenvalue weighted by molar-refractivity contribution is 0.112. The molecule has 0 fully saturated rings. The van der Waals surface area contributed by atoms with Gasteiger partial charge in [0.05, 0.1) is 4.88 Å². The maximum atomic E-state index is 11.3. The molecule has 0 atom stereocenters. The van der Waals surface area contributed by atoms with E-state index in [-0.39, 0.29) is 0 Å². The van der Waals surface area contributed by atoms with Crippen molar-refractivity contribution in [3.05, 3.63) is 58.8 Å². The highest BCUT2D eigenvalue weighted by atomic mass is 32.1. The normalized spacial score (nSPS) is 11.4. The van der Waals surface area contributed by atoms with Crippen LogP contribution in [0.1, 0.15) is 9.67 Å². The fourth-order valence-corrected chi connectivity index (χ4v) is 3.71. The Hall–Kier alpha value is -2.19. The Balaban J connectivity index is 2.45. The van der Waals surface area contributed by atoms with Gasteiger partial charge in [0.1, 0.15) is 0 Å². The Labute approximate surface area is 114 Å². The summed E-state index contributed by atoms with van der Waals surface area (Å²) in [6.45, 7) is 0. The Morgan fingerprint density at radius 2 is 1.26 bits per heavy atom. The van der Waals surface area contributed by atoms with Crippen LogP contribution < -0.4 is 0 Å². The quantitative estimate of drug-likeness (QED) is 0.348. The largest absolute Gasteiger partial charge is 0.297 e. The van der Waals surface area contributed by atoms with E-state index in [1.54, 1.807) is 0 Å². The summed E-state index contributed by atoms with van der Waals surface area (Å²) >= 11 is 1.52. The van der Waals surface area contributed by atoms with Gasteiger partial charge in [-0.2, -0.15) is 0 Å². The van der Waals surface area contributed by atoms with Gasteiger partial charge in [-0.05, 0) is 26.9 Å². The van der Waals surface area contributed by atoms with Gasteiger partial charge >= 0.3 is 0 Å². The average Bonchev–Trinajstić information content (AvgIpc) is 2.92. The van der Waals surface area contributed by atoms with Crippen molar-refractivity contribution in [1.82, 2.24) is 0 Å². The van der Waals surface area contributed by atoms with Crippen molar-refractivity contribution in [3.63, 3.8) is 0 Å². The zero-order chi connectivity index (χ0) is 12.8. The molecule has 90 valence electrons. The van der Waals surface area contributed by atoms with Crippen LogP contribution in [0.5, 0.6) is 0 Å². The molecule has 0 bridgehead atoms. The number of carbonyl (C=O) groups is 1. The SMILES string of the molecule is O=Cc1scc2c3ccccc3c3ccccc3c12. The van der Waals surface area contributed by atoms with Gasteiger partial charge in [-0.25, -0.2) is 0 Å². The second-order valence-corrected chi connectivity index (χ2v) is 5.51. The number of carbonyl (C=O) groups excluding carboxylic acids is 1. The Bertz CT molecular complexity index is 934. The van der Waals surface area contributed by atoms with Gasteiger partial charge < -0.3 is 0 Å².